The van der Waals surface area contributed by atoms with E-state index in [1.54, 1.807) is 0 Å². The molecule has 0 aromatic heterocycles. The van der Waals surface area contributed by atoms with Crippen LogP contribution in [0.25, 0.3) is 0 Å². The van der Waals surface area contributed by atoms with Crippen molar-refractivity contribution in [1.29, 1.82) is 0 Å². The molecule has 2 nitrogen and oxygen atoms in total. The fraction of sp³-hybridized carbons (Fsp3) is 0.417. The monoisotopic (exact) mass is 228 g/mol. The average Bonchev–Trinajstić information content (AvgIpc) is 2.23. The largest absolute Gasteiger partial charge is 0.381 e. The SMILES string of the molecule is CCOCCC(=O)Cc1ccc(F)cc1F. The molecule has 0 aliphatic rings. The van der Waals surface area contributed by atoms with E-state index in [9.17, 15) is 13.6 Å². The maximum atomic E-state index is 13.2. The van der Waals surface area contributed by atoms with Crippen molar-refractivity contribution in [3.63, 3.8) is 0 Å². The van der Waals surface area contributed by atoms with Gasteiger partial charge in [-0.05, 0) is 18.6 Å². The van der Waals surface area contributed by atoms with E-state index in [0.717, 1.165) is 12.1 Å². The Labute approximate surface area is 93.2 Å². The van der Waals surface area contributed by atoms with Gasteiger partial charge in [0.2, 0.25) is 0 Å². The molecule has 0 amide bonds. The highest BCUT2D eigenvalue weighted by Gasteiger charge is 2.08. The summed E-state index contributed by atoms with van der Waals surface area (Å²) in [7, 11) is 0. The lowest BCUT2D eigenvalue weighted by Crippen LogP contribution is -2.08. The third-order valence-corrected chi connectivity index (χ3v) is 2.13. The van der Waals surface area contributed by atoms with E-state index in [0.29, 0.717) is 13.2 Å². The van der Waals surface area contributed by atoms with Gasteiger partial charge in [-0.15, -0.1) is 0 Å². The van der Waals surface area contributed by atoms with Gasteiger partial charge in [-0.1, -0.05) is 6.07 Å². The van der Waals surface area contributed by atoms with Gasteiger partial charge in [-0.3, -0.25) is 4.79 Å². The highest BCUT2D eigenvalue weighted by atomic mass is 19.1. The number of benzene rings is 1. The maximum absolute atomic E-state index is 13.2. The molecule has 0 heterocycles. The Morgan fingerprint density at radius 1 is 1.38 bits per heavy atom. The van der Waals surface area contributed by atoms with Crippen molar-refractivity contribution >= 4 is 5.78 Å². The predicted molar refractivity (Wildman–Crippen MR) is 56.2 cm³/mol. The van der Waals surface area contributed by atoms with E-state index in [4.69, 9.17) is 4.74 Å². The summed E-state index contributed by atoms with van der Waals surface area (Å²) in [5, 5.41) is 0. The number of carbonyl (C=O) groups is 1. The fourth-order valence-electron chi connectivity index (χ4n) is 1.30. The molecular weight excluding hydrogens is 214 g/mol. The van der Waals surface area contributed by atoms with Gasteiger partial charge >= 0.3 is 0 Å². The lowest BCUT2D eigenvalue weighted by Gasteiger charge is -2.03. The molecule has 0 atom stereocenters. The number of rotatable bonds is 6. The van der Waals surface area contributed by atoms with Crippen molar-refractivity contribution in [3.05, 3.63) is 35.4 Å². The van der Waals surface area contributed by atoms with Crippen LogP contribution in [0.1, 0.15) is 18.9 Å². The first kappa shape index (κ1) is 12.8. The first-order valence-electron chi connectivity index (χ1n) is 5.17. The van der Waals surface area contributed by atoms with Crippen molar-refractivity contribution in [2.24, 2.45) is 0 Å². The van der Waals surface area contributed by atoms with Gasteiger partial charge in [-0.25, -0.2) is 8.78 Å². The lowest BCUT2D eigenvalue weighted by atomic mass is 10.1. The molecule has 4 heteroatoms. The maximum Gasteiger partial charge on any atom is 0.139 e. The third-order valence-electron chi connectivity index (χ3n) is 2.13. The van der Waals surface area contributed by atoms with E-state index in [1.807, 2.05) is 6.92 Å². The quantitative estimate of drug-likeness (QED) is 0.699. The van der Waals surface area contributed by atoms with E-state index in [1.165, 1.54) is 6.07 Å². The molecule has 0 N–H and O–H groups in total. The van der Waals surface area contributed by atoms with E-state index in [-0.39, 0.29) is 24.2 Å². The lowest BCUT2D eigenvalue weighted by molar-refractivity contribution is -0.119. The third kappa shape index (κ3) is 4.06. The molecule has 1 aromatic carbocycles. The number of ketones is 1. The topological polar surface area (TPSA) is 26.3 Å². The van der Waals surface area contributed by atoms with Crippen LogP contribution in [0.5, 0.6) is 0 Å². The summed E-state index contributed by atoms with van der Waals surface area (Å²) in [6, 6.07) is 3.22. The average molecular weight is 228 g/mol. The number of Topliss-reactive ketones (excluding diaryl/α,β-unsaturated/α-hetero) is 1. The molecule has 1 rings (SSSR count). The summed E-state index contributed by atoms with van der Waals surface area (Å²) < 4.78 is 30.8. The van der Waals surface area contributed by atoms with Gasteiger partial charge < -0.3 is 4.74 Å². The Balaban J connectivity index is 2.49. The molecule has 16 heavy (non-hydrogen) atoms. The summed E-state index contributed by atoms with van der Waals surface area (Å²) in [5.41, 5.74) is 0.225. The molecule has 0 bridgehead atoms. The highest BCUT2D eigenvalue weighted by Crippen LogP contribution is 2.11. The first-order chi connectivity index (χ1) is 7.63. The Kier molecular flexibility index (Phi) is 5.05. The van der Waals surface area contributed by atoms with Crippen LogP contribution >= 0.6 is 0 Å². The van der Waals surface area contributed by atoms with Gasteiger partial charge in [0.1, 0.15) is 17.4 Å². The second-order valence-corrected chi connectivity index (χ2v) is 3.40. The Morgan fingerprint density at radius 3 is 2.75 bits per heavy atom. The van der Waals surface area contributed by atoms with Gasteiger partial charge in [-0.2, -0.15) is 0 Å². The number of hydrogen-bond acceptors (Lipinski definition) is 2. The normalized spacial score (nSPS) is 10.4. The van der Waals surface area contributed by atoms with Crippen LogP contribution in [-0.4, -0.2) is 19.0 Å². The molecule has 0 aliphatic carbocycles. The number of ether oxygens (including phenoxy) is 1. The first-order valence-corrected chi connectivity index (χ1v) is 5.17. The summed E-state index contributed by atoms with van der Waals surface area (Å²) in [5.74, 6) is -1.42. The van der Waals surface area contributed by atoms with Crippen LogP contribution in [0.2, 0.25) is 0 Å². The van der Waals surface area contributed by atoms with E-state index >= 15 is 0 Å². The molecule has 1 aromatic rings. The zero-order chi connectivity index (χ0) is 12.0. The van der Waals surface area contributed by atoms with Crippen molar-refractivity contribution in [1.82, 2.24) is 0 Å². The molecule has 88 valence electrons. The van der Waals surface area contributed by atoms with Crippen LogP contribution in [0, 0.1) is 11.6 Å². The van der Waals surface area contributed by atoms with Crippen molar-refractivity contribution in [2.45, 2.75) is 19.8 Å². The Bertz CT molecular complexity index is 364. The van der Waals surface area contributed by atoms with Gasteiger partial charge in [0.25, 0.3) is 0 Å². The van der Waals surface area contributed by atoms with Crippen LogP contribution < -0.4 is 0 Å². The Hall–Kier alpha value is -1.29. The molecule has 0 radical (unpaired) electrons. The summed E-state index contributed by atoms with van der Waals surface area (Å²) in [6.45, 7) is 2.74. The Morgan fingerprint density at radius 2 is 2.12 bits per heavy atom. The molecule has 0 saturated heterocycles. The zero-order valence-corrected chi connectivity index (χ0v) is 9.13. The molecule has 0 spiro atoms. The highest BCUT2D eigenvalue weighted by molar-refractivity contribution is 5.80. The van der Waals surface area contributed by atoms with Gasteiger partial charge in [0.15, 0.2) is 0 Å². The summed E-state index contributed by atoms with van der Waals surface area (Å²) in [6.07, 6.45) is 0.240. The second kappa shape index (κ2) is 6.33. The molecule has 0 unspecified atom stereocenters. The minimum atomic E-state index is -0.676. The van der Waals surface area contributed by atoms with Crippen LogP contribution in [0.15, 0.2) is 18.2 Å². The molecule has 0 saturated carbocycles. The van der Waals surface area contributed by atoms with Crippen molar-refractivity contribution in [2.75, 3.05) is 13.2 Å². The molecule has 0 fully saturated rings. The minimum absolute atomic E-state index is 0.0147. The van der Waals surface area contributed by atoms with Crippen molar-refractivity contribution in [3.8, 4) is 0 Å². The summed E-state index contributed by atoms with van der Waals surface area (Å²) in [4.78, 5) is 11.4. The number of halogens is 2. The smallest absolute Gasteiger partial charge is 0.139 e. The number of hydrogen-bond donors (Lipinski definition) is 0. The van der Waals surface area contributed by atoms with Crippen LogP contribution in [0.4, 0.5) is 8.78 Å². The summed E-state index contributed by atoms with van der Waals surface area (Å²) >= 11 is 0. The second-order valence-electron chi connectivity index (χ2n) is 3.40. The van der Waals surface area contributed by atoms with Crippen LogP contribution in [0.3, 0.4) is 0 Å². The van der Waals surface area contributed by atoms with Crippen molar-refractivity contribution < 1.29 is 18.3 Å². The predicted octanol–water partition coefficient (Wildman–Crippen LogP) is 2.50. The standard InChI is InChI=1S/C12H14F2O2/c1-2-16-6-5-11(15)7-9-3-4-10(13)8-12(9)14/h3-4,8H,2,5-7H2,1H3. The zero-order valence-electron chi connectivity index (χ0n) is 9.13. The molecular formula is C12H14F2O2. The molecule has 0 aliphatic heterocycles. The van der Waals surface area contributed by atoms with Gasteiger partial charge in [0.05, 0.1) is 6.61 Å². The minimum Gasteiger partial charge on any atom is -0.381 e. The van der Waals surface area contributed by atoms with Gasteiger partial charge in [0, 0.05) is 25.5 Å². The number of carbonyl (C=O) groups excluding carboxylic acids is 1. The van der Waals surface area contributed by atoms with Crippen LogP contribution in [-0.2, 0) is 16.0 Å². The van der Waals surface area contributed by atoms with E-state index < -0.39 is 11.6 Å². The fourth-order valence-corrected chi connectivity index (χ4v) is 1.30. The van der Waals surface area contributed by atoms with E-state index in [2.05, 4.69) is 0 Å².